The first-order valence-electron chi connectivity index (χ1n) is 13.6. The third kappa shape index (κ3) is 5.45. The van der Waals surface area contributed by atoms with E-state index in [1.807, 2.05) is 0 Å². The van der Waals surface area contributed by atoms with Crippen LogP contribution in [0.15, 0.2) is 17.4 Å². The van der Waals surface area contributed by atoms with E-state index in [1.54, 1.807) is 11.5 Å². The zero-order valence-electron chi connectivity index (χ0n) is 23.5. The number of nitrogens with one attached hydrogen (secondary N) is 1. The number of phosphoric acid groups is 1. The van der Waals surface area contributed by atoms with Gasteiger partial charge >= 0.3 is 14.6 Å². The summed E-state index contributed by atoms with van der Waals surface area (Å²) in [4.78, 5) is 42.2. The topological polar surface area (TPSA) is 295 Å². The fourth-order valence-electron chi connectivity index (χ4n) is 6.06. The van der Waals surface area contributed by atoms with Crippen LogP contribution in [0.25, 0.3) is 22.2 Å². The first-order valence-corrected chi connectivity index (χ1v) is 18.5. The molecule has 2 saturated heterocycles. The highest BCUT2D eigenvalue weighted by Gasteiger charge is 2.57. The molecule has 0 amide bonds. The summed E-state index contributed by atoms with van der Waals surface area (Å²) in [6.07, 6.45) is -5.91. The average Bonchev–Trinajstić information content (AvgIpc) is 3.73. The van der Waals surface area contributed by atoms with E-state index in [0.29, 0.717) is 5.65 Å². The predicted molar refractivity (Wildman–Crippen MR) is 162 cm³/mol. The summed E-state index contributed by atoms with van der Waals surface area (Å²) in [5.41, 5.74) is 10.2. The lowest BCUT2D eigenvalue weighted by molar-refractivity contribution is -0.0456. The predicted octanol–water partition coefficient (Wildman–Crippen LogP) is 0.452. The number of H-pyrrole nitrogens is 1. The number of aromatic nitrogens is 7. The molecule has 0 radical (unpaired) electrons. The number of nitrogen functional groups attached to an aromatic ring is 2. The normalized spacial score (nSPS) is 38.8. The largest absolute Gasteiger partial charge is 0.472 e. The lowest BCUT2D eigenvalue weighted by Crippen LogP contribution is -2.39. The van der Waals surface area contributed by atoms with Crippen molar-refractivity contribution >= 4 is 72.4 Å². The zero-order valence-corrected chi connectivity index (χ0v) is 27.0. The van der Waals surface area contributed by atoms with Crippen molar-refractivity contribution in [2.45, 2.75) is 56.0 Å². The molecule has 7 rings (SSSR count). The molecule has 20 nitrogen and oxygen atoms in total. The monoisotopic (exact) mass is 719 g/mol. The lowest BCUT2D eigenvalue weighted by atomic mass is 9.87. The molecular formula is C22H27N9O11P2S2. The summed E-state index contributed by atoms with van der Waals surface area (Å²) in [7, 11) is -5.01. The van der Waals surface area contributed by atoms with E-state index in [0.717, 1.165) is 11.5 Å². The minimum atomic E-state index is -5.01. The SMILES string of the molecule is C[C@@]12COP(=O)(O)O[C@@H]3[C@H](O)[C@@H](CO[P@](=O)(S)O[C@H]1[C@@H](O)[C@H](n1cnc4c(N)ncnc41)C2)O[C@H]3c1snc2c(=O)[nH]c(N)nc12. The molecule has 4 aromatic heterocycles. The van der Waals surface area contributed by atoms with Crippen molar-refractivity contribution in [3.8, 4) is 0 Å². The van der Waals surface area contributed by atoms with E-state index in [-0.39, 0.29) is 39.6 Å². The Morgan fingerprint density at radius 1 is 1.13 bits per heavy atom. The van der Waals surface area contributed by atoms with Crippen LogP contribution in [-0.2, 0) is 32.0 Å². The number of fused-ring (bicyclic) bond motifs is 5. The van der Waals surface area contributed by atoms with E-state index in [4.69, 9.17) is 34.3 Å². The Labute approximate surface area is 266 Å². The second-order valence-corrected chi connectivity index (χ2v) is 16.5. The molecule has 2 bridgehead atoms. The van der Waals surface area contributed by atoms with Crippen LogP contribution in [0.5, 0.6) is 0 Å². The highest BCUT2D eigenvalue weighted by molar-refractivity contribution is 8.44. The van der Waals surface area contributed by atoms with Crippen LogP contribution < -0.4 is 17.0 Å². The van der Waals surface area contributed by atoms with Crippen LogP contribution in [0.4, 0.5) is 11.8 Å². The van der Waals surface area contributed by atoms with E-state index < -0.39 is 81.5 Å². The van der Waals surface area contributed by atoms with E-state index >= 15 is 0 Å². The number of hydrogen-bond acceptors (Lipinski definition) is 18. The van der Waals surface area contributed by atoms with E-state index in [2.05, 4.69) is 41.5 Å². The van der Waals surface area contributed by atoms with E-state index in [1.165, 1.54) is 12.7 Å². The second kappa shape index (κ2) is 11.2. The number of phosphoric ester groups is 1. The fourth-order valence-corrected chi connectivity index (χ4v) is 9.57. The van der Waals surface area contributed by atoms with Crippen molar-refractivity contribution in [1.82, 2.24) is 33.9 Å². The molecule has 1 unspecified atom stereocenters. The van der Waals surface area contributed by atoms with Crippen LogP contribution >= 0.6 is 38.4 Å². The van der Waals surface area contributed by atoms with Gasteiger partial charge in [-0.25, -0.2) is 29.1 Å². The number of aromatic amines is 1. The first-order chi connectivity index (χ1) is 21.7. The second-order valence-electron chi connectivity index (χ2n) is 11.4. The number of nitrogens with two attached hydrogens (primary N) is 2. The van der Waals surface area contributed by atoms with Gasteiger partial charge in [-0.3, -0.25) is 27.9 Å². The number of aliphatic hydroxyl groups excluding tert-OH is 2. The van der Waals surface area contributed by atoms with Crippen molar-refractivity contribution in [2.75, 3.05) is 24.7 Å². The maximum atomic E-state index is 13.6. The van der Waals surface area contributed by atoms with Gasteiger partial charge in [0.2, 0.25) is 5.95 Å². The number of thiol groups is 1. The first kappa shape index (κ1) is 32.0. The smallest absolute Gasteiger partial charge is 0.388 e. The Bertz CT molecular complexity index is 2000. The fraction of sp³-hybridized carbons (Fsp3) is 0.545. The molecule has 6 heterocycles. The van der Waals surface area contributed by atoms with Gasteiger partial charge in [0.15, 0.2) is 17.0 Å². The van der Waals surface area contributed by atoms with Crippen molar-refractivity contribution in [3.05, 3.63) is 27.9 Å². The molecule has 0 spiro atoms. The molecule has 24 heteroatoms. The van der Waals surface area contributed by atoms with Crippen molar-refractivity contribution < 1.29 is 47.1 Å². The van der Waals surface area contributed by atoms with Gasteiger partial charge in [-0.1, -0.05) is 19.2 Å². The molecule has 46 heavy (non-hydrogen) atoms. The van der Waals surface area contributed by atoms with Gasteiger partial charge in [0, 0.05) is 5.41 Å². The van der Waals surface area contributed by atoms with Gasteiger partial charge < -0.3 is 35.9 Å². The van der Waals surface area contributed by atoms with Crippen molar-refractivity contribution in [1.29, 1.82) is 0 Å². The summed E-state index contributed by atoms with van der Waals surface area (Å²) in [5.74, 6) is -0.105. The highest BCUT2D eigenvalue weighted by atomic mass is 32.7. The summed E-state index contributed by atoms with van der Waals surface area (Å²) < 4.78 is 60.8. The summed E-state index contributed by atoms with van der Waals surface area (Å²) in [6, 6.07) is -0.813. The maximum Gasteiger partial charge on any atom is 0.472 e. The molecule has 3 aliphatic rings. The van der Waals surface area contributed by atoms with Gasteiger partial charge in [-0.15, -0.1) is 0 Å². The minimum Gasteiger partial charge on any atom is -0.388 e. The Kier molecular flexibility index (Phi) is 7.82. The van der Waals surface area contributed by atoms with Gasteiger partial charge in [0.1, 0.15) is 54.0 Å². The molecule has 3 fully saturated rings. The molecule has 4 aromatic rings. The number of anilines is 2. The summed E-state index contributed by atoms with van der Waals surface area (Å²) in [5, 5.41) is 22.6. The molecule has 10 atom stereocenters. The molecular weight excluding hydrogens is 692 g/mol. The number of ether oxygens (including phenoxy) is 1. The number of aliphatic hydroxyl groups is 2. The summed E-state index contributed by atoms with van der Waals surface area (Å²) in [6.45, 7) is -3.89. The quantitative estimate of drug-likeness (QED) is 0.109. The van der Waals surface area contributed by atoms with Gasteiger partial charge in [0.05, 0.1) is 30.5 Å². The molecule has 0 aromatic carbocycles. The number of hydrogen-bond donors (Lipinski definition) is 7. The van der Waals surface area contributed by atoms with Crippen LogP contribution in [0.2, 0.25) is 0 Å². The minimum absolute atomic E-state index is 0.0250. The van der Waals surface area contributed by atoms with Gasteiger partial charge in [0.25, 0.3) is 5.56 Å². The van der Waals surface area contributed by atoms with Gasteiger partial charge in [-0.2, -0.15) is 4.37 Å². The summed E-state index contributed by atoms with van der Waals surface area (Å²) >= 11 is 4.89. The Morgan fingerprint density at radius 2 is 1.91 bits per heavy atom. The van der Waals surface area contributed by atoms with Gasteiger partial charge in [-0.05, 0) is 18.0 Å². The van der Waals surface area contributed by atoms with E-state index in [9.17, 15) is 29.0 Å². The average molecular weight is 720 g/mol. The maximum absolute atomic E-state index is 13.6. The van der Waals surface area contributed by atoms with Crippen LogP contribution in [0, 0.1) is 5.41 Å². The highest BCUT2D eigenvalue weighted by Crippen LogP contribution is 2.62. The molecule has 1 aliphatic carbocycles. The standard InChI is InChI=1S/C22H27N9O11P2S2/c1-22-2-7(31-6-27-11-18(23)25-5-26-19(11)31)12(32)17(22)42-44(37,45)38-3-8-13(33)14(41-43(35,36)39-4-22)15(40-8)16-9-10(30-46-16)20(34)29-21(24)28-9/h5-8,12-15,17,32-33H,2-4H2,1H3,(H,35,36)(H,37,45)(H2,23,25,26)(H3,24,28,29,34)/t7-,8-,12+,13-,14-,15-,17+,22-,44+/m1/s1. The van der Waals surface area contributed by atoms with Crippen LogP contribution in [0.3, 0.4) is 0 Å². The number of rotatable bonds is 2. The molecule has 2 aliphatic heterocycles. The third-order valence-electron chi connectivity index (χ3n) is 8.25. The Balaban J connectivity index is 1.23. The molecule has 1 saturated carbocycles. The molecule has 248 valence electrons. The molecule has 8 N–H and O–H groups in total. The van der Waals surface area contributed by atoms with Crippen molar-refractivity contribution in [2.24, 2.45) is 5.41 Å². The Hall–Kier alpha value is -2.59. The number of nitrogens with zero attached hydrogens (tertiary/aromatic N) is 6. The van der Waals surface area contributed by atoms with Crippen LogP contribution in [-0.4, -0.2) is 92.7 Å². The lowest BCUT2D eigenvalue weighted by Gasteiger charge is -2.33. The Morgan fingerprint density at radius 3 is 2.70 bits per heavy atom. The van der Waals surface area contributed by atoms with Crippen LogP contribution in [0.1, 0.15) is 30.4 Å². The number of imidazole rings is 1. The van der Waals surface area contributed by atoms with Crippen molar-refractivity contribution in [3.63, 3.8) is 0 Å². The zero-order chi connectivity index (χ0) is 32.8. The third-order valence-corrected chi connectivity index (χ3v) is 11.7.